The molecule has 0 amide bonds. The van der Waals surface area contributed by atoms with Crippen LogP contribution >= 0.6 is 0 Å². The molecular weight excluding hydrogens is 386 g/mol. The quantitative estimate of drug-likeness (QED) is 0.344. The molecule has 0 aromatic heterocycles. The molecule has 0 spiro atoms. The number of carbonyl (C=O) groups excluding carboxylic acids is 2. The molecule has 1 N–H and O–H groups in total. The summed E-state index contributed by atoms with van der Waals surface area (Å²) in [5, 5.41) is -3.78. The number of hydrogen-bond acceptors (Lipinski definition) is 6. The van der Waals surface area contributed by atoms with Crippen LogP contribution in [-0.4, -0.2) is 36.8 Å². The maximum Gasteiger partial charge on any atom is 0.402 e. The normalized spacial score (nSPS) is 11.9. The Bertz CT molecular complexity index is 1030. The van der Waals surface area contributed by atoms with Crippen LogP contribution < -0.4 is 4.74 Å². The van der Waals surface area contributed by atoms with Crippen molar-refractivity contribution in [2.45, 2.75) is 12.2 Å². The standard InChI is InChI=1S/C17H14F2O7S/c1-10(2)15(20)26-14-12-6-4-3-5-11(12)7-8-13(14)16(21)25-9-17(18,19)27(22,23)24/h3-8H,1,9H2,2H3,(H,22,23,24). The van der Waals surface area contributed by atoms with Gasteiger partial charge in [0.25, 0.3) is 0 Å². The van der Waals surface area contributed by atoms with Gasteiger partial charge in [-0.1, -0.05) is 36.9 Å². The van der Waals surface area contributed by atoms with Crippen LogP contribution in [0.1, 0.15) is 17.3 Å². The molecule has 0 aliphatic rings. The highest BCUT2D eigenvalue weighted by molar-refractivity contribution is 7.86. The van der Waals surface area contributed by atoms with Crippen molar-refractivity contribution in [1.29, 1.82) is 0 Å². The van der Waals surface area contributed by atoms with E-state index in [-0.39, 0.29) is 16.9 Å². The molecule has 0 aliphatic carbocycles. The van der Waals surface area contributed by atoms with E-state index in [1.54, 1.807) is 18.2 Å². The molecule has 10 heteroatoms. The first-order chi connectivity index (χ1) is 12.4. The van der Waals surface area contributed by atoms with E-state index in [9.17, 15) is 26.8 Å². The van der Waals surface area contributed by atoms with Crippen molar-refractivity contribution in [1.82, 2.24) is 0 Å². The molecule has 0 aliphatic heterocycles. The van der Waals surface area contributed by atoms with Gasteiger partial charge in [0.05, 0.1) is 0 Å². The predicted molar refractivity (Wildman–Crippen MR) is 91.2 cm³/mol. The maximum absolute atomic E-state index is 13.3. The van der Waals surface area contributed by atoms with Crippen LogP contribution in [0.5, 0.6) is 5.75 Å². The lowest BCUT2D eigenvalue weighted by Crippen LogP contribution is -2.34. The number of fused-ring (bicyclic) bond motifs is 1. The second-order valence-corrected chi connectivity index (χ2v) is 7.07. The van der Waals surface area contributed by atoms with Crippen molar-refractivity contribution in [3.05, 3.63) is 54.1 Å². The monoisotopic (exact) mass is 400 g/mol. The van der Waals surface area contributed by atoms with Crippen LogP contribution in [-0.2, 0) is 19.6 Å². The van der Waals surface area contributed by atoms with Crippen molar-refractivity contribution in [2.24, 2.45) is 0 Å². The summed E-state index contributed by atoms with van der Waals surface area (Å²) in [6, 6.07) is 9.12. The van der Waals surface area contributed by atoms with Gasteiger partial charge in [-0.3, -0.25) is 4.55 Å². The van der Waals surface area contributed by atoms with E-state index < -0.39 is 33.9 Å². The van der Waals surface area contributed by atoms with Crippen molar-refractivity contribution >= 4 is 32.8 Å². The molecule has 0 bridgehead atoms. The molecule has 0 heterocycles. The third-order valence-corrected chi connectivity index (χ3v) is 4.26. The van der Waals surface area contributed by atoms with E-state index in [1.807, 2.05) is 0 Å². The molecule has 0 saturated carbocycles. The predicted octanol–water partition coefficient (Wildman–Crippen LogP) is 2.96. The zero-order valence-electron chi connectivity index (χ0n) is 13.9. The highest BCUT2D eigenvalue weighted by atomic mass is 32.2. The van der Waals surface area contributed by atoms with Crippen molar-refractivity contribution in [3.63, 3.8) is 0 Å². The van der Waals surface area contributed by atoms with E-state index in [0.29, 0.717) is 10.8 Å². The number of carbonyl (C=O) groups is 2. The summed E-state index contributed by atoms with van der Waals surface area (Å²) in [6.07, 6.45) is 0. The van der Waals surface area contributed by atoms with Gasteiger partial charge in [-0.15, -0.1) is 0 Å². The molecule has 7 nitrogen and oxygen atoms in total. The topological polar surface area (TPSA) is 107 Å². The highest BCUT2D eigenvalue weighted by Crippen LogP contribution is 2.31. The minimum atomic E-state index is -5.76. The lowest BCUT2D eigenvalue weighted by molar-refractivity contribution is -0.130. The summed E-state index contributed by atoms with van der Waals surface area (Å²) in [4.78, 5) is 24.1. The summed E-state index contributed by atoms with van der Waals surface area (Å²) >= 11 is 0. The molecule has 0 unspecified atom stereocenters. The summed E-state index contributed by atoms with van der Waals surface area (Å²) in [7, 11) is -5.76. The number of esters is 2. The summed E-state index contributed by atoms with van der Waals surface area (Å²) in [5.41, 5.74) is -0.352. The first-order valence-electron chi connectivity index (χ1n) is 7.35. The Labute approximate surface area is 152 Å². The number of benzene rings is 2. The molecule has 0 fully saturated rings. The van der Waals surface area contributed by atoms with E-state index in [1.165, 1.54) is 25.1 Å². The van der Waals surface area contributed by atoms with Crippen LogP contribution in [0.4, 0.5) is 8.78 Å². The lowest BCUT2D eigenvalue weighted by atomic mass is 10.1. The first kappa shape index (κ1) is 20.5. The molecule has 2 aromatic rings. The van der Waals surface area contributed by atoms with Gasteiger partial charge >= 0.3 is 27.3 Å². The Balaban J connectivity index is 2.43. The van der Waals surface area contributed by atoms with Gasteiger partial charge in [0.2, 0.25) is 0 Å². The fourth-order valence-electron chi connectivity index (χ4n) is 2.00. The Kier molecular flexibility index (Phi) is 5.62. The summed E-state index contributed by atoms with van der Waals surface area (Å²) < 4.78 is 65.6. The van der Waals surface area contributed by atoms with Crippen molar-refractivity contribution < 1.29 is 40.8 Å². The molecule has 27 heavy (non-hydrogen) atoms. The van der Waals surface area contributed by atoms with Crippen molar-refractivity contribution in [2.75, 3.05) is 6.61 Å². The molecule has 2 rings (SSSR count). The molecular formula is C17H14F2O7S. The average molecular weight is 400 g/mol. The summed E-state index contributed by atoms with van der Waals surface area (Å²) in [6.45, 7) is 2.88. The van der Waals surface area contributed by atoms with Crippen molar-refractivity contribution in [3.8, 4) is 5.75 Å². The smallest absolute Gasteiger partial charge is 0.402 e. The molecule has 0 atom stereocenters. The van der Waals surface area contributed by atoms with Gasteiger partial charge in [0, 0.05) is 11.0 Å². The lowest BCUT2D eigenvalue weighted by Gasteiger charge is -2.15. The van der Waals surface area contributed by atoms with Gasteiger partial charge in [-0.05, 0) is 18.4 Å². The zero-order chi connectivity index (χ0) is 20.4. The van der Waals surface area contributed by atoms with Gasteiger partial charge in [0.1, 0.15) is 5.56 Å². The minimum Gasteiger partial charge on any atom is -0.454 e. The Morgan fingerprint density at radius 2 is 1.81 bits per heavy atom. The fourth-order valence-corrected chi connectivity index (χ4v) is 2.20. The largest absolute Gasteiger partial charge is 0.454 e. The van der Waals surface area contributed by atoms with Crippen LogP contribution in [0.25, 0.3) is 10.8 Å². The number of rotatable bonds is 6. The molecule has 2 aromatic carbocycles. The number of halogens is 2. The number of alkyl halides is 2. The van der Waals surface area contributed by atoms with Gasteiger partial charge in [0.15, 0.2) is 12.4 Å². The fraction of sp³-hybridized carbons (Fsp3) is 0.176. The van der Waals surface area contributed by atoms with Gasteiger partial charge in [-0.25, -0.2) is 9.59 Å². The van der Waals surface area contributed by atoms with Crippen LogP contribution in [0.15, 0.2) is 48.6 Å². The van der Waals surface area contributed by atoms with Crippen LogP contribution in [0.2, 0.25) is 0 Å². The van der Waals surface area contributed by atoms with Gasteiger partial charge in [-0.2, -0.15) is 17.2 Å². The van der Waals surface area contributed by atoms with Crippen LogP contribution in [0.3, 0.4) is 0 Å². The van der Waals surface area contributed by atoms with Crippen LogP contribution in [0, 0.1) is 0 Å². The maximum atomic E-state index is 13.3. The average Bonchev–Trinajstić information content (AvgIpc) is 2.58. The zero-order valence-corrected chi connectivity index (χ0v) is 14.8. The molecule has 144 valence electrons. The van der Waals surface area contributed by atoms with Gasteiger partial charge < -0.3 is 9.47 Å². The van der Waals surface area contributed by atoms with E-state index in [2.05, 4.69) is 11.3 Å². The van der Waals surface area contributed by atoms with E-state index >= 15 is 0 Å². The molecule has 0 radical (unpaired) electrons. The van der Waals surface area contributed by atoms with E-state index in [0.717, 1.165) is 0 Å². The Morgan fingerprint density at radius 3 is 2.41 bits per heavy atom. The SMILES string of the molecule is C=C(C)C(=O)Oc1c(C(=O)OCC(F)(F)S(=O)(=O)O)ccc2ccccc12. The second kappa shape index (κ2) is 7.41. The second-order valence-electron chi connectivity index (χ2n) is 5.52. The first-order valence-corrected chi connectivity index (χ1v) is 8.79. The third kappa shape index (κ3) is 4.47. The highest BCUT2D eigenvalue weighted by Gasteiger charge is 2.45. The number of hydrogen-bond donors (Lipinski definition) is 1. The van der Waals surface area contributed by atoms with E-state index in [4.69, 9.17) is 9.29 Å². The third-order valence-electron chi connectivity index (χ3n) is 3.39. The molecule has 0 saturated heterocycles. The minimum absolute atomic E-state index is 0.0279. The number of ether oxygens (including phenoxy) is 2. The summed E-state index contributed by atoms with van der Waals surface area (Å²) in [5.74, 6) is -2.47. The Morgan fingerprint density at radius 1 is 1.19 bits per heavy atom. The Hall–Kier alpha value is -2.85.